The zero-order chi connectivity index (χ0) is 17.8. The molecule has 0 atom stereocenters. The summed E-state index contributed by atoms with van der Waals surface area (Å²) in [6.07, 6.45) is 1.85. The molecule has 1 aromatic carbocycles. The molecular weight excluding hydrogens is 316 g/mol. The van der Waals surface area contributed by atoms with Crippen molar-refractivity contribution >= 4 is 5.91 Å². The smallest absolute Gasteiger partial charge is 0.274 e. The molecule has 3 rings (SSSR count). The molecule has 0 bridgehead atoms. The van der Waals surface area contributed by atoms with Gasteiger partial charge in [-0.3, -0.25) is 4.79 Å². The van der Waals surface area contributed by atoms with Crippen molar-refractivity contribution in [2.75, 3.05) is 13.1 Å². The molecule has 6 nitrogen and oxygen atoms in total. The first-order valence-corrected chi connectivity index (χ1v) is 8.46. The van der Waals surface area contributed by atoms with Crippen molar-refractivity contribution in [3.63, 3.8) is 0 Å². The second kappa shape index (κ2) is 7.34. The minimum absolute atomic E-state index is 0.0701. The van der Waals surface area contributed by atoms with Gasteiger partial charge in [0.15, 0.2) is 0 Å². The summed E-state index contributed by atoms with van der Waals surface area (Å²) in [4.78, 5) is 18.6. The highest BCUT2D eigenvalue weighted by Gasteiger charge is 2.17. The number of nitrogens with zero attached hydrogens (tertiary/aromatic N) is 4. The standard InChI is InChI=1S/C19H22N4O2/c1-4-22(5-2)17(24)13-23-12-6-7-16(23)19-20-18(21-25-19)15-10-8-14(3)9-11-15/h6-12H,4-5,13H2,1-3H3. The molecule has 0 N–H and O–H groups in total. The zero-order valence-electron chi connectivity index (χ0n) is 14.8. The summed E-state index contributed by atoms with van der Waals surface area (Å²) in [5.41, 5.74) is 2.82. The number of aryl methyl sites for hydroxylation is 1. The summed E-state index contributed by atoms with van der Waals surface area (Å²) >= 11 is 0. The monoisotopic (exact) mass is 338 g/mol. The van der Waals surface area contributed by atoms with Crippen LogP contribution in [-0.2, 0) is 11.3 Å². The predicted octanol–water partition coefficient (Wildman–Crippen LogP) is 3.38. The third-order valence-electron chi connectivity index (χ3n) is 4.21. The minimum atomic E-state index is 0.0701. The average Bonchev–Trinajstić information content (AvgIpc) is 3.25. The van der Waals surface area contributed by atoms with E-state index in [4.69, 9.17) is 4.52 Å². The van der Waals surface area contributed by atoms with Crippen LogP contribution in [0.3, 0.4) is 0 Å². The van der Waals surface area contributed by atoms with Gasteiger partial charge in [0.1, 0.15) is 12.2 Å². The van der Waals surface area contributed by atoms with Gasteiger partial charge in [-0.1, -0.05) is 35.0 Å². The Balaban J connectivity index is 1.83. The van der Waals surface area contributed by atoms with Crippen LogP contribution in [0.5, 0.6) is 0 Å². The van der Waals surface area contributed by atoms with Gasteiger partial charge in [-0.2, -0.15) is 4.98 Å². The normalized spacial score (nSPS) is 10.8. The maximum Gasteiger partial charge on any atom is 0.274 e. The van der Waals surface area contributed by atoms with Gasteiger partial charge in [-0.05, 0) is 32.9 Å². The van der Waals surface area contributed by atoms with E-state index >= 15 is 0 Å². The third-order valence-corrected chi connectivity index (χ3v) is 4.21. The van der Waals surface area contributed by atoms with E-state index in [1.807, 2.05) is 67.9 Å². The average molecular weight is 338 g/mol. The summed E-state index contributed by atoms with van der Waals surface area (Å²) in [6.45, 7) is 7.64. The first-order chi connectivity index (χ1) is 12.1. The summed E-state index contributed by atoms with van der Waals surface area (Å²) in [5.74, 6) is 1.02. The minimum Gasteiger partial charge on any atom is -0.342 e. The number of likely N-dealkylation sites (N-methyl/N-ethyl adjacent to an activating group) is 1. The van der Waals surface area contributed by atoms with Gasteiger partial charge in [0.05, 0.1) is 0 Å². The van der Waals surface area contributed by atoms with Crippen LogP contribution in [-0.4, -0.2) is 38.6 Å². The summed E-state index contributed by atoms with van der Waals surface area (Å²) in [5, 5.41) is 4.07. The molecule has 0 aliphatic heterocycles. The molecule has 0 unspecified atom stereocenters. The molecule has 6 heteroatoms. The fourth-order valence-corrected chi connectivity index (χ4v) is 2.72. The molecular formula is C19H22N4O2. The fraction of sp³-hybridized carbons (Fsp3) is 0.316. The van der Waals surface area contributed by atoms with Crippen molar-refractivity contribution in [3.8, 4) is 23.0 Å². The molecule has 0 spiro atoms. The van der Waals surface area contributed by atoms with E-state index in [2.05, 4.69) is 10.1 Å². The Morgan fingerprint density at radius 2 is 1.88 bits per heavy atom. The van der Waals surface area contributed by atoms with E-state index in [9.17, 15) is 4.79 Å². The van der Waals surface area contributed by atoms with Gasteiger partial charge in [0, 0.05) is 24.8 Å². The Bertz CT molecular complexity index is 844. The van der Waals surface area contributed by atoms with Crippen LogP contribution in [0, 0.1) is 6.92 Å². The van der Waals surface area contributed by atoms with E-state index in [0.29, 0.717) is 24.8 Å². The number of benzene rings is 1. The molecule has 0 saturated heterocycles. The Morgan fingerprint density at radius 3 is 2.56 bits per heavy atom. The van der Waals surface area contributed by atoms with Crippen LogP contribution >= 0.6 is 0 Å². The van der Waals surface area contributed by atoms with Crippen LogP contribution in [0.25, 0.3) is 23.0 Å². The van der Waals surface area contributed by atoms with Gasteiger partial charge in [0.25, 0.3) is 5.89 Å². The highest BCUT2D eigenvalue weighted by molar-refractivity contribution is 5.76. The molecule has 3 aromatic rings. The molecule has 0 aliphatic rings. The van der Waals surface area contributed by atoms with Crippen LogP contribution < -0.4 is 0 Å². The molecule has 2 aromatic heterocycles. The summed E-state index contributed by atoms with van der Waals surface area (Å²) in [7, 11) is 0. The maximum absolute atomic E-state index is 12.4. The Morgan fingerprint density at radius 1 is 1.16 bits per heavy atom. The summed E-state index contributed by atoms with van der Waals surface area (Å²) in [6, 6.07) is 11.7. The van der Waals surface area contributed by atoms with Gasteiger partial charge in [-0.25, -0.2) is 0 Å². The van der Waals surface area contributed by atoms with Crippen molar-refractivity contribution in [1.29, 1.82) is 0 Å². The first kappa shape index (κ1) is 17.0. The Kier molecular flexibility index (Phi) is 4.97. The number of hydrogen-bond donors (Lipinski definition) is 0. The van der Waals surface area contributed by atoms with Crippen molar-refractivity contribution in [3.05, 3.63) is 48.2 Å². The highest BCUT2D eigenvalue weighted by Crippen LogP contribution is 2.23. The number of aromatic nitrogens is 3. The third kappa shape index (κ3) is 3.63. The van der Waals surface area contributed by atoms with Crippen molar-refractivity contribution in [1.82, 2.24) is 19.6 Å². The zero-order valence-corrected chi connectivity index (χ0v) is 14.8. The van der Waals surface area contributed by atoms with Crippen LogP contribution in [0.2, 0.25) is 0 Å². The van der Waals surface area contributed by atoms with Crippen LogP contribution in [0.1, 0.15) is 19.4 Å². The lowest BCUT2D eigenvalue weighted by atomic mass is 10.1. The molecule has 0 fully saturated rings. The molecule has 0 radical (unpaired) electrons. The van der Waals surface area contributed by atoms with Gasteiger partial charge < -0.3 is 14.0 Å². The second-order valence-corrected chi connectivity index (χ2v) is 5.88. The van der Waals surface area contributed by atoms with Crippen molar-refractivity contribution in [2.24, 2.45) is 0 Å². The molecule has 25 heavy (non-hydrogen) atoms. The highest BCUT2D eigenvalue weighted by atomic mass is 16.5. The van der Waals surface area contributed by atoms with Gasteiger partial charge in [-0.15, -0.1) is 0 Å². The lowest BCUT2D eigenvalue weighted by molar-refractivity contribution is -0.131. The van der Waals surface area contributed by atoms with Gasteiger partial charge >= 0.3 is 0 Å². The largest absolute Gasteiger partial charge is 0.342 e. The second-order valence-electron chi connectivity index (χ2n) is 5.88. The van der Waals surface area contributed by atoms with Crippen molar-refractivity contribution < 1.29 is 9.32 Å². The topological polar surface area (TPSA) is 64.2 Å². The van der Waals surface area contributed by atoms with E-state index < -0.39 is 0 Å². The maximum atomic E-state index is 12.4. The number of amides is 1. The fourth-order valence-electron chi connectivity index (χ4n) is 2.72. The van der Waals surface area contributed by atoms with E-state index in [0.717, 1.165) is 11.3 Å². The number of carbonyl (C=O) groups excluding carboxylic acids is 1. The molecule has 0 saturated carbocycles. The quantitative estimate of drug-likeness (QED) is 0.691. The van der Waals surface area contributed by atoms with E-state index in [-0.39, 0.29) is 12.5 Å². The van der Waals surface area contributed by atoms with E-state index in [1.54, 1.807) is 4.90 Å². The SMILES string of the molecule is CCN(CC)C(=O)Cn1cccc1-c1nc(-c2ccc(C)cc2)no1. The summed E-state index contributed by atoms with van der Waals surface area (Å²) < 4.78 is 7.26. The molecule has 2 heterocycles. The molecule has 130 valence electrons. The van der Waals surface area contributed by atoms with E-state index in [1.165, 1.54) is 5.56 Å². The lowest BCUT2D eigenvalue weighted by Crippen LogP contribution is -2.33. The van der Waals surface area contributed by atoms with Crippen LogP contribution in [0.15, 0.2) is 47.1 Å². The van der Waals surface area contributed by atoms with Gasteiger partial charge in [0.2, 0.25) is 11.7 Å². The number of carbonyl (C=O) groups is 1. The lowest BCUT2D eigenvalue weighted by Gasteiger charge is -2.19. The predicted molar refractivity (Wildman–Crippen MR) is 95.8 cm³/mol. The van der Waals surface area contributed by atoms with Crippen molar-refractivity contribution in [2.45, 2.75) is 27.3 Å². The first-order valence-electron chi connectivity index (χ1n) is 8.46. The van der Waals surface area contributed by atoms with Crippen LogP contribution in [0.4, 0.5) is 0 Å². The number of rotatable bonds is 6. The Hall–Kier alpha value is -2.89. The molecule has 0 aliphatic carbocycles. The molecule has 1 amide bonds. The Labute approximate surface area is 147 Å². The number of hydrogen-bond acceptors (Lipinski definition) is 4.